The van der Waals surface area contributed by atoms with E-state index in [1.54, 1.807) is 0 Å². The van der Waals surface area contributed by atoms with Crippen molar-refractivity contribution in [1.82, 2.24) is 15.1 Å². The molecule has 154 valence electrons. The maximum Gasteiger partial charge on any atom is 0.242 e. The molecule has 0 radical (unpaired) electrons. The summed E-state index contributed by atoms with van der Waals surface area (Å²) in [6, 6.07) is 0. The Labute approximate surface area is 165 Å². The number of carbonyl (C=O) groups excluding carboxylic acids is 2. The van der Waals surface area contributed by atoms with Crippen LogP contribution in [0.5, 0.6) is 0 Å². The van der Waals surface area contributed by atoms with E-state index in [-0.39, 0.29) is 30.1 Å². The summed E-state index contributed by atoms with van der Waals surface area (Å²) in [6.45, 7) is 13.3. The van der Waals surface area contributed by atoms with Crippen molar-refractivity contribution in [2.45, 2.75) is 65.3 Å². The van der Waals surface area contributed by atoms with Crippen molar-refractivity contribution in [3.63, 3.8) is 0 Å². The van der Waals surface area contributed by atoms with Gasteiger partial charge in [0.05, 0.1) is 5.54 Å². The summed E-state index contributed by atoms with van der Waals surface area (Å²) in [5.74, 6) is 0.177. The molecule has 0 aromatic rings. The highest BCUT2D eigenvalue weighted by atomic mass is 35.5. The summed E-state index contributed by atoms with van der Waals surface area (Å²) in [4.78, 5) is 29.0. The summed E-state index contributed by atoms with van der Waals surface area (Å²) in [6.07, 6.45) is 4.03. The average molecular weight is 391 g/mol. The zero-order chi connectivity index (χ0) is 18.9. The van der Waals surface area contributed by atoms with Gasteiger partial charge < -0.3 is 20.9 Å². The van der Waals surface area contributed by atoms with Crippen LogP contribution in [0.4, 0.5) is 0 Å². The fourth-order valence-electron chi connectivity index (χ4n) is 3.53. The number of amides is 2. The van der Waals surface area contributed by atoms with E-state index in [0.29, 0.717) is 19.5 Å². The van der Waals surface area contributed by atoms with E-state index in [1.807, 2.05) is 18.7 Å². The molecule has 1 saturated heterocycles. The molecule has 0 aliphatic carbocycles. The second-order valence-electron chi connectivity index (χ2n) is 7.41. The van der Waals surface area contributed by atoms with Crippen LogP contribution < -0.4 is 11.1 Å². The molecule has 1 heterocycles. The van der Waals surface area contributed by atoms with E-state index < -0.39 is 5.54 Å². The molecule has 7 heteroatoms. The summed E-state index contributed by atoms with van der Waals surface area (Å²) in [5, 5.41) is 3.06. The molecule has 2 amide bonds. The first-order valence-corrected chi connectivity index (χ1v) is 9.94. The summed E-state index contributed by atoms with van der Waals surface area (Å²) >= 11 is 0. The van der Waals surface area contributed by atoms with Gasteiger partial charge >= 0.3 is 0 Å². The Balaban J connectivity index is 0.00000625. The number of halogens is 1. The van der Waals surface area contributed by atoms with Crippen LogP contribution in [0.3, 0.4) is 0 Å². The first kappa shape index (κ1) is 25.1. The highest BCUT2D eigenvalue weighted by Gasteiger charge is 2.35. The lowest BCUT2D eigenvalue weighted by Gasteiger charge is -2.36. The molecular formula is C19H39ClN4O2. The second kappa shape index (κ2) is 12.5. The summed E-state index contributed by atoms with van der Waals surface area (Å²) in [7, 11) is 0. The fourth-order valence-corrected chi connectivity index (χ4v) is 3.53. The minimum absolute atomic E-state index is 0. The van der Waals surface area contributed by atoms with Crippen molar-refractivity contribution in [2.24, 2.45) is 11.7 Å². The topological polar surface area (TPSA) is 78.7 Å². The monoisotopic (exact) mass is 390 g/mol. The van der Waals surface area contributed by atoms with Crippen molar-refractivity contribution in [3.8, 4) is 0 Å². The first-order valence-electron chi connectivity index (χ1n) is 9.94. The SMILES string of the molecule is CCCC(C)(N)C(=O)N1CCC(C(=O)NCCCN(CC)CC)CC1.Cl. The number of nitrogens with zero attached hydrogens (tertiary/aromatic N) is 2. The molecule has 6 nitrogen and oxygen atoms in total. The molecule has 0 spiro atoms. The van der Waals surface area contributed by atoms with Gasteiger partial charge in [0.15, 0.2) is 0 Å². The van der Waals surface area contributed by atoms with Gasteiger partial charge in [-0.3, -0.25) is 9.59 Å². The molecule has 0 saturated carbocycles. The van der Waals surface area contributed by atoms with Crippen molar-refractivity contribution < 1.29 is 9.59 Å². The zero-order valence-corrected chi connectivity index (χ0v) is 17.9. The molecule has 0 aromatic heterocycles. The van der Waals surface area contributed by atoms with Gasteiger partial charge in [0.1, 0.15) is 0 Å². The summed E-state index contributed by atoms with van der Waals surface area (Å²) in [5.41, 5.74) is 5.37. The van der Waals surface area contributed by atoms with Gasteiger partial charge in [-0.1, -0.05) is 27.2 Å². The Morgan fingerprint density at radius 2 is 1.77 bits per heavy atom. The van der Waals surface area contributed by atoms with Crippen LogP contribution in [-0.4, -0.2) is 66.4 Å². The van der Waals surface area contributed by atoms with Crippen LogP contribution in [0.15, 0.2) is 0 Å². The minimum atomic E-state index is -0.783. The third kappa shape index (κ3) is 7.80. The smallest absolute Gasteiger partial charge is 0.242 e. The Morgan fingerprint density at radius 1 is 1.19 bits per heavy atom. The largest absolute Gasteiger partial charge is 0.356 e. The third-order valence-electron chi connectivity index (χ3n) is 5.26. The number of nitrogens with two attached hydrogens (primary N) is 1. The van der Waals surface area contributed by atoms with Crippen LogP contribution in [0.2, 0.25) is 0 Å². The van der Waals surface area contributed by atoms with Gasteiger partial charge in [-0.25, -0.2) is 0 Å². The van der Waals surface area contributed by atoms with E-state index in [2.05, 4.69) is 24.1 Å². The maximum absolute atomic E-state index is 12.5. The van der Waals surface area contributed by atoms with Crippen LogP contribution in [0, 0.1) is 5.92 Å². The minimum Gasteiger partial charge on any atom is -0.356 e. The van der Waals surface area contributed by atoms with E-state index in [0.717, 1.165) is 51.9 Å². The second-order valence-corrected chi connectivity index (χ2v) is 7.41. The predicted molar refractivity (Wildman–Crippen MR) is 109 cm³/mol. The van der Waals surface area contributed by atoms with E-state index in [4.69, 9.17) is 5.73 Å². The van der Waals surface area contributed by atoms with Crippen LogP contribution in [0.25, 0.3) is 0 Å². The van der Waals surface area contributed by atoms with Crippen molar-refractivity contribution >= 4 is 24.2 Å². The molecule has 1 unspecified atom stereocenters. The Hall–Kier alpha value is -0.850. The predicted octanol–water partition coefficient (Wildman–Crippen LogP) is 2.01. The third-order valence-corrected chi connectivity index (χ3v) is 5.26. The maximum atomic E-state index is 12.5. The number of piperidine rings is 1. The number of nitrogens with one attached hydrogen (secondary N) is 1. The number of likely N-dealkylation sites (tertiary alicyclic amines) is 1. The molecule has 26 heavy (non-hydrogen) atoms. The number of hydrogen-bond donors (Lipinski definition) is 2. The first-order chi connectivity index (χ1) is 11.9. The number of rotatable bonds is 10. The number of carbonyl (C=O) groups is 2. The molecule has 0 aromatic carbocycles. The Bertz CT molecular complexity index is 420. The molecule has 1 aliphatic heterocycles. The molecule has 1 rings (SSSR count). The van der Waals surface area contributed by atoms with Crippen LogP contribution >= 0.6 is 12.4 Å². The molecule has 3 N–H and O–H groups in total. The molecule has 1 fully saturated rings. The van der Waals surface area contributed by atoms with Gasteiger partial charge in [-0.15, -0.1) is 12.4 Å². The van der Waals surface area contributed by atoms with E-state index in [1.165, 1.54) is 0 Å². The lowest BCUT2D eigenvalue weighted by molar-refractivity contribution is -0.140. The molecule has 1 atom stereocenters. The molecule has 0 bridgehead atoms. The highest BCUT2D eigenvalue weighted by molar-refractivity contribution is 5.86. The van der Waals surface area contributed by atoms with Crippen molar-refractivity contribution in [2.75, 3.05) is 39.3 Å². The fraction of sp³-hybridized carbons (Fsp3) is 0.895. The normalized spacial score (nSPS) is 17.5. The molecular weight excluding hydrogens is 352 g/mol. The average Bonchev–Trinajstić information content (AvgIpc) is 2.61. The van der Waals surface area contributed by atoms with Crippen molar-refractivity contribution in [1.29, 1.82) is 0 Å². The lowest BCUT2D eigenvalue weighted by Crippen LogP contribution is -2.55. The summed E-state index contributed by atoms with van der Waals surface area (Å²) < 4.78 is 0. The van der Waals surface area contributed by atoms with Gasteiger partial charge in [-0.05, 0) is 52.2 Å². The quantitative estimate of drug-likeness (QED) is 0.559. The van der Waals surface area contributed by atoms with Gasteiger partial charge in [0.25, 0.3) is 0 Å². The van der Waals surface area contributed by atoms with Crippen molar-refractivity contribution in [3.05, 3.63) is 0 Å². The van der Waals surface area contributed by atoms with Gasteiger partial charge in [0, 0.05) is 25.6 Å². The highest BCUT2D eigenvalue weighted by Crippen LogP contribution is 2.21. The Kier molecular flexibility index (Phi) is 12.1. The van der Waals surface area contributed by atoms with Crippen LogP contribution in [0.1, 0.15) is 59.8 Å². The standard InChI is InChI=1S/C19H38N4O2.ClH/c1-5-11-19(4,20)18(25)23-14-9-16(10-15-23)17(24)21-12-8-13-22(6-2)7-3;/h16H,5-15,20H2,1-4H3,(H,21,24);1H. The Morgan fingerprint density at radius 3 is 2.27 bits per heavy atom. The lowest BCUT2D eigenvalue weighted by atomic mass is 9.91. The zero-order valence-electron chi connectivity index (χ0n) is 17.1. The van der Waals surface area contributed by atoms with E-state index >= 15 is 0 Å². The van der Waals surface area contributed by atoms with E-state index in [9.17, 15) is 9.59 Å². The van der Waals surface area contributed by atoms with Gasteiger partial charge in [0.2, 0.25) is 11.8 Å². The van der Waals surface area contributed by atoms with Gasteiger partial charge in [-0.2, -0.15) is 0 Å². The van der Waals surface area contributed by atoms with Crippen LogP contribution in [-0.2, 0) is 9.59 Å². The molecule has 1 aliphatic rings. The number of hydrogen-bond acceptors (Lipinski definition) is 4.